The molecule has 0 aromatic carbocycles. The summed E-state index contributed by atoms with van der Waals surface area (Å²) in [6.45, 7) is 35.0. The largest absolute Gasteiger partial charge is 0.437 e. The molecule has 0 saturated carbocycles. The molecule has 0 fully saturated rings. The molecule has 6 nitrogen and oxygen atoms in total. The number of hydrogen-bond donors (Lipinski definition) is 0. The van der Waals surface area contributed by atoms with Gasteiger partial charge in [-0.15, -0.1) is 0 Å². The summed E-state index contributed by atoms with van der Waals surface area (Å²) in [6.07, 6.45) is 7.06. The first-order chi connectivity index (χ1) is 18.2. The van der Waals surface area contributed by atoms with E-state index in [9.17, 15) is 0 Å². The standard InChI is InChI=1S/C28H70O6Si6/c1-15-17-25-35(3,4)31-39(11,12)33-37(7,8)27-19-21-29-23-24-30-22-20-28-38(9,10)34-40(13,14)32-36(5,6)26-18-16-2/h15-28H2,1-14H3. The van der Waals surface area contributed by atoms with Crippen molar-refractivity contribution in [3.63, 3.8) is 0 Å². The fourth-order valence-electron chi connectivity index (χ4n) is 5.63. The third kappa shape index (κ3) is 22.6. The molecule has 0 unspecified atom stereocenters. The predicted molar refractivity (Wildman–Crippen MR) is 189 cm³/mol. The Balaban J connectivity index is 4.13. The highest BCUT2D eigenvalue weighted by atomic mass is 28.5. The molecule has 0 N–H and O–H groups in total. The fraction of sp³-hybridized carbons (Fsp3) is 1.00. The summed E-state index contributed by atoms with van der Waals surface area (Å²) in [5.74, 6) is 0. The second kappa shape index (κ2) is 18.8. The van der Waals surface area contributed by atoms with E-state index in [-0.39, 0.29) is 0 Å². The van der Waals surface area contributed by atoms with E-state index in [0.29, 0.717) is 13.2 Å². The lowest BCUT2D eigenvalue weighted by Crippen LogP contribution is -2.52. The van der Waals surface area contributed by atoms with Crippen LogP contribution in [0.25, 0.3) is 0 Å². The van der Waals surface area contributed by atoms with E-state index in [1.807, 2.05) is 0 Å². The van der Waals surface area contributed by atoms with Crippen LogP contribution in [0.1, 0.15) is 52.4 Å². The number of unbranched alkanes of at least 4 members (excludes halogenated alkanes) is 2. The topological polar surface area (TPSA) is 55.4 Å². The highest BCUT2D eigenvalue weighted by Gasteiger charge is 2.40. The van der Waals surface area contributed by atoms with Crippen molar-refractivity contribution in [3.8, 4) is 0 Å². The van der Waals surface area contributed by atoms with Gasteiger partial charge in [0.25, 0.3) is 0 Å². The molecular weight excluding hydrogens is 601 g/mol. The maximum absolute atomic E-state index is 6.71. The zero-order valence-corrected chi connectivity index (χ0v) is 35.3. The summed E-state index contributed by atoms with van der Waals surface area (Å²) in [5.41, 5.74) is 0. The minimum atomic E-state index is -2.11. The summed E-state index contributed by atoms with van der Waals surface area (Å²) >= 11 is 0. The quantitative estimate of drug-likeness (QED) is 0.0712. The van der Waals surface area contributed by atoms with Gasteiger partial charge in [-0.05, 0) is 116 Å². The highest BCUT2D eigenvalue weighted by Crippen LogP contribution is 2.27. The van der Waals surface area contributed by atoms with Crippen LogP contribution in [0.15, 0.2) is 0 Å². The normalized spacial score (nSPS) is 14.2. The molecule has 0 heterocycles. The van der Waals surface area contributed by atoms with Crippen molar-refractivity contribution in [1.29, 1.82) is 0 Å². The van der Waals surface area contributed by atoms with E-state index < -0.39 is 50.4 Å². The lowest BCUT2D eigenvalue weighted by Gasteiger charge is -2.39. The molecule has 0 aliphatic rings. The van der Waals surface area contributed by atoms with Crippen molar-refractivity contribution in [2.24, 2.45) is 0 Å². The van der Waals surface area contributed by atoms with Crippen LogP contribution < -0.4 is 0 Å². The van der Waals surface area contributed by atoms with E-state index >= 15 is 0 Å². The summed E-state index contributed by atoms with van der Waals surface area (Å²) in [4.78, 5) is 0. The van der Waals surface area contributed by atoms with Crippen molar-refractivity contribution in [2.75, 3.05) is 26.4 Å². The summed E-state index contributed by atoms with van der Waals surface area (Å²) in [5, 5.41) is 0. The number of ether oxygens (including phenoxy) is 2. The average Bonchev–Trinajstić information content (AvgIpc) is 2.74. The fourth-order valence-corrected chi connectivity index (χ4v) is 34.0. The molecule has 242 valence electrons. The zero-order chi connectivity index (χ0) is 31.1. The SMILES string of the molecule is CCCC[Si](C)(C)O[Si](C)(C)O[Si](C)(C)CCCOCCOCCC[Si](C)(C)O[Si](C)(C)O[Si](C)(C)CCCC. The van der Waals surface area contributed by atoms with Gasteiger partial charge in [-0.25, -0.2) is 0 Å². The third-order valence-electron chi connectivity index (χ3n) is 6.86. The second-order valence-corrected chi connectivity index (χ2v) is 39.8. The Labute approximate surface area is 257 Å². The second-order valence-electron chi connectivity index (χ2n) is 14.9. The molecule has 12 heteroatoms. The molecule has 0 rings (SSSR count). The Morgan fingerprint density at radius 1 is 0.350 bits per heavy atom. The summed E-state index contributed by atoms with van der Waals surface area (Å²) < 4.78 is 38.5. The highest BCUT2D eigenvalue weighted by molar-refractivity contribution is 6.88. The van der Waals surface area contributed by atoms with Crippen molar-refractivity contribution >= 4 is 50.4 Å². The van der Waals surface area contributed by atoms with Gasteiger partial charge < -0.3 is 25.9 Å². The summed E-state index contributed by atoms with van der Waals surface area (Å²) in [7, 11) is -11.1. The molecule has 0 atom stereocenters. The van der Waals surface area contributed by atoms with Gasteiger partial charge >= 0.3 is 17.1 Å². The number of hydrogen-bond acceptors (Lipinski definition) is 6. The summed E-state index contributed by atoms with van der Waals surface area (Å²) in [6, 6.07) is 4.66. The van der Waals surface area contributed by atoms with Gasteiger partial charge in [0, 0.05) is 13.2 Å². The monoisotopic (exact) mass is 670 g/mol. The van der Waals surface area contributed by atoms with Crippen molar-refractivity contribution in [3.05, 3.63) is 0 Å². The van der Waals surface area contributed by atoms with Gasteiger partial charge in [0.05, 0.1) is 13.2 Å². The van der Waals surface area contributed by atoms with Crippen LogP contribution >= 0.6 is 0 Å². The molecule has 0 saturated heterocycles. The molecule has 0 aromatic rings. The van der Waals surface area contributed by atoms with Crippen molar-refractivity contribution in [2.45, 2.75) is 155 Å². The first kappa shape index (κ1) is 41.1. The van der Waals surface area contributed by atoms with Crippen LogP contribution in [0.3, 0.4) is 0 Å². The molecule has 40 heavy (non-hydrogen) atoms. The number of rotatable bonds is 25. The minimum absolute atomic E-state index is 0.659. The third-order valence-corrected chi connectivity index (χ3v) is 29.8. The van der Waals surface area contributed by atoms with Gasteiger partial charge in [0.15, 0.2) is 33.3 Å². The van der Waals surface area contributed by atoms with E-state index in [4.69, 9.17) is 25.9 Å². The van der Waals surface area contributed by atoms with Gasteiger partial charge in [-0.2, -0.15) is 0 Å². The average molecular weight is 671 g/mol. The zero-order valence-electron chi connectivity index (χ0n) is 29.3. The van der Waals surface area contributed by atoms with Crippen LogP contribution in [0.5, 0.6) is 0 Å². The lowest BCUT2D eigenvalue weighted by molar-refractivity contribution is 0.0478. The van der Waals surface area contributed by atoms with E-state index in [1.165, 1.54) is 37.8 Å². The molecule has 0 aromatic heterocycles. The minimum Gasteiger partial charge on any atom is -0.437 e. The molecular formula is C28H70O6Si6. The first-order valence-corrected chi connectivity index (χ1v) is 34.2. The Hall–Kier alpha value is 1.06. The van der Waals surface area contributed by atoms with Crippen LogP contribution in [0.4, 0.5) is 0 Å². The van der Waals surface area contributed by atoms with Gasteiger partial charge in [-0.1, -0.05) is 39.5 Å². The van der Waals surface area contributed by atoms with Crippen molar-refractivity contribution < 1.29 is 25.9 Å². The van der Waals surface area contributed by atoms with Crippen LogP contribution in [0.2, 0.25) is 103 Å². The van der Waals surface area contributed by atoms with Gasteiger partial charge in [0.1, 0.15) is 0 Å². The lowest BCUT2D eigenvalue weighted by atomic mass is 10.4. The van der Waals surface area contributed by atoms with E-state index in [0.717, 1.165) is 38.1 Å². The molecule has 0 amide bonds. The Morgan fingerprint density at radius 3 is 0.850 bits per heavy atom. The Kier molecular flexibility index (Phi) is 19.3. The van der Waals surface area contributed by atoms with Crippen LogP contribution in [-0.2, 0) is 25.9 Å². The van der Waals surface area contributed by atoms with Crippen LogP contribution in [-0.4, -0.2) is 76.8 Å². The molecule has 0 aliphatic carbocycles. The molecule has 0 spiro atoms. The molecule has 0 bridgehead atoms. The first-order valence-electron chi connectivity index (χ1n) is 16.1. The van der Waals surface area contributed by atoms with E-state index in [1.54, 1.807) is 0 Å². The Morgan fingerprint density at radius 2 is 0.600 bits per heavy atom. The molecule has 0 radical (unpaired) electrons. The maximum Gasteiger partial charge on any atom is 0.311 e. The smallest absolute Gasteiger partial charge is 0.311 e. The molecule has 0 aliphatic heterocycles. The maximum atomic E-state index is 6.71. The predicted octanol–water partition coefficient (Wildman–Crippen LogP) is 9.69. The van der Waals surface area contributed by atoms with Gasteiger partial charge in [-0.3, -0.25) is 0 Å². The van der Waals surface area contributed by atoms with Crippen molar-refractivity contribution in [1.82, 2.24) is 0 Å². The van der Waals surface area contributed by atoms with E-state index in [2.05, 4.69) is 92.4 Å². The Bertz CT molecular complexity index is 618. The van der Waals surface area contributed by atoms with Gasteiger partial charge in [0.2, 0.25) is 0 Å². The van der Waals surface area contributed by atoms with Crippen LogP contribution in [0, 0.1) is 0 Å².